The number of benzene rings is 1. The molecule has 1 N–H and O–H groups in total. The van der Waals surface area contributed by atoms with E-state index >= 15 is 0 Å². The molecule has 2 aromatic rings. The van der Waals surface area contributed by atoms with Crippen LogP contribution in [0.1, 0.15) is 31.4 Å². The molecule has 1 heterocycles. The molecule has 1 aliphatic carbocycles. The van der Waals surface area contributed by atoms with Crippen LogP contribution in [0.3, 0.4) is 0 Å². The minimum Gasteiger partial charge on any atom is -0.313 e. The highest BCUT2D eigenvalue weighted by Crippen LogP contribution is 2.42. The SMILES string of the molecule is CNC(c1cnc2ccccc2c1)C(C)C1CC1. The van der Waals surface area contributed by atoms with Crippen molar-refractivity contribution in [1.82, 2.24) is 10.3 Å². The van der Waals surface area contributed by atoms with Gasteiger partial charge in [0.25, 0.3) is 0 Å². The average Bonchev–Trinajstić information content (AvgIpc) is 3.23. The molecule has 0 aliphatic heterocycles. The van der Waals surface area contributed by atoms with Crippen LogP contribution in [0, 0.1) is 11.8 Å². The third kappa shape index (κ3) is 2.13. The first kappa shape index (κ1) is 11.7. The van der Waals surface area contributed by atoms with Crippen molar-refractivity contribution in [3.8, 4) is 0 Å². The van der Waals surface area contributed by atoms with E-state index in [1.807, 2.05) is 12.3 Å². The van der Waals surface area contributed by atoms with Crippen molar-refractivity contribution in [3.05, 3.63) is 42.1 Å². The van der Waals surface area contributed by atoms with E-state index in [0.29, 0.717) is 12.0 Å². The maximum absolute atomic E-state index is 4.57. The number of pyridine rings is 1. The Bertz CT molecular complexity index is 546. The first-order valence-electron chi connectivity index (χ1n) is 6.81. The molecule has 0 spiro atoms. The zero-order valence-corrected chi connectivity index (χ0v) is 11.1. The number of hydrogen-bond acceptors (Lipinski definition) is 2. The lowest BCUT2D eigenvalue weighted by Gasteiger charge is -2.23. The molecule has 2 unspecified atom stereocenters. The van der Waals surface area contributed by atoms with E-state index in [-0.39, 0.29) is 0 Å². The molecule has 0 amide bonds. The third-order valence-electron chi connectivity index (χ3n) is 4.17. The second kappa shape index (κ2) is 4.69. The van der Waals surface area contributed by atoms with Crippen molar-refractivity contribution < 1.29 is 0 Å². The Morgan fingerprint density at radius 3 is 2.78 bits per heavy atom. The van der Waals surface area contributed by atoms with Crippen LogP contribution in [0.4, 0.5) is 0 Å². The minimum atomic E-state index is 0.426. The number of hydrogen-bond donors (Lipinski definition) is 1. The lowest BCUT2D eigenvalue weighted by Crippen LogP contribution is -2.24. The number of nitrogens with zero attached hydrogens (tertiary/aromatic N) is 1. The average molecular weight is 240 g/mol. The molecule has 0 saturated heterocycles. The zero-order chi connectivity index (χ0) is 12.5. The Hall–Kier alpha value is -1.41. The smallest absolute Gasteiger partial charge is 0.0702 e. The molecule has 18 heavy (non-hydrogen) atoms. The van der Waals surface area contributed by atoms with E-state index in [0.717, 1.165) is 11.4 Å². The fraction of sp³-hybridized carbons (Fsp3) is 0.438. The summed E-state index contributed by atoms with van der Waals surface area (Å²) in [5, 5.41) is 4.70. The first-order valence-corrected chi connectivity index (χ1v) is 6.81. The maximum Gasteiger partial charge on any atom is 0.0702 e. The zero-order valence-electron chi connectivity index (χ0n) is 11.1. The van der Waals surface area contributed by atoms with Crippen molar-refractivity contribution in [2.75, 3.05) is 7.05 Å². The summed E-state index contributed by atoms with van der Waals surface area (Å²) in [6.45, 7) is 2.36. The molecule has 94 valence electrons. The van der Waals surface area contributed by atoms with Gasteiger partial charge in [-0.05, 0) is 49.4 Å². The molecular formula is C16H20N2. The van der Waals surface area contributed by atoms with Gasteiger partial charge >= 0.3 is 0 Å². The molecule has 0 radical (unpaired) electrons. The number of para-hydroxylation sites is 1. The summed E-state index contributed by atoms with van der Waals surface area (Å²) >= 11 is 0. The van der Waals surface area contributed by atoms with E-state index in [9.17, 15) is 0 Å². The number of aromatic nitrogens is 1. The number of rotatable bonds is 4. The second-order valence-corrected chi connectivity index (χ2v) is 5.42. The van der Waals surface area contributed by atoms with Crippen LogP contribution in [-0.2, 0) is 0 Å². The lowest BCUT2D eigenvalue weighted by molar-refractivity contribution is 0.368. The number of fused-ring (bicyclic) bond motifs is 1. The Morgan fingerprint density at radius 1 is 1.28 bits per heavy atom. The monoisotopic (exact) mass is 240 g/mol. The first-order chi connectivity index (χ1) is 8.79. The topological polar surface area (TPSA) is 24.9 Å². The summed E-state index contributed by atoms with van der Waals surface area (Å²) in [6, 6.07) is 11.0. The molecule has 1 aliphatic rings. The van der Waals surface area contributed by atoms with E-state index in [1.54, 1.807) is 0 Å². The summed E-state index contributed by atoms with van der Waals surface area (Å²) in [4.78, 5) is 4.57. The summed E-state index contributed by atoms with van der Waals surface area (Å²) in [5.41, 5.74) is 2.39. The van der Waals surface area contributed by atoms with Crippen LogP contribution < -0.4 is 5.32 Å². The Balaban J connectivity index is 1.95. The standard InChI is InChI=1S/C16H20N2/c1-11(12-7-8-12)16(17-2)14-9-13-5-3-4-6-15(13)18-10-14/h3-6,9-12,16-17H,7-8H2,1-2H3. The highest BCUT2D eigenvalue weighted by Gasteiger charge is 2.33. The molecule has 1 saturated carbocycles. The van der Waals surface area contributed by atoms with Gasteiger partial charge in [-0.1, -0.05) is 25.1 Å². The Morgan fingerprint density at radius 2 is 2.06 bits per heavy atom. The van der Waals surface area contributed by atoms with Crippen LogP contribution in [0.25, 0.3) is 10.9 Å². The van der Waals surface area contributed by atoms with Gasteiger partial charge in [-0.25, -0.2) is 0 Å². The van der Waals surface area contributed by atoms with Crippen LogP contribution in [0.2, 0.25) is 0 Å². The molecule has 1 aromatic heterocycles. The van der Waals surface area contributed by atoms with E-state index in [4.69, 9.17) is 0 Å². The number of nitrogens with one attached hydrogen (secondary N) is 1. The molecule has 3 rings (SSSR count). The summed E-state index contributed by atoms with van der Waals surface area (Å²) in [5.74, 6) is 1.59. The van der Waals surface area contributed by atoms with E-state index in [1.165, 1.54) is 23.8 Å². The van der Waals surface area contributed by atoms with Crippen molar-refractivity contribution in [2.45, 2.75) is 25.8 Å². The normalized spacial score (nSPS) is 18.8. The van der Waals surface area contributed by atoms with Crippen LogP contribution in [-0.4, -0.2) is 12.0 Å². The quantitative estimate of drug-likeness (QED) is 0.884. The second-order valence-electron chi connectivity index (χ2n) is 5.42. The van der Waals surface area contributed by atoms with Gasteiger partial charge in [0, 0.05) is 17.6 Å². The Kier molecular flexibility index (Phi) is 3.04. The summed E-state index contributed by atoms with van der Waals surface area (Å²) in [6.07, 6.45) is 4.81. The van der Waals surface area contributed by atoms with Gasteiger partial charge in [0.15, 0.2) is 0 Å². The lowest BCUT2D eigenvalue weighted by atomic mass is 9.91. The van der Waals surface area contributed by atoms with Gasteiger partial charge in [-0.15, -0.1) is 0 Å². The summed E-state index contributed by atoms with van der Waals surface area (Å²) in [7, 11) is 2.05. The van der Waals surface area contributed by atoms with E-state index in [2.05, 4.69) is 48.5 Å². The summed E-state index contributed by atoms with van der Waals surface area (Å²) < 4.78 is 0. The van der Waals surface area contributed by atoms with Crippen LogP contribution in [0.15, 0.2) is 36.5 Å². The van der Waals surface area contributed by atoms with Crippen molar-refractivity contribution >= 4 is 10.9 Å². The molecule has 2 nitrogen and oxygen atoms in total. The minimum absolute atomic E-state index is 0.426. The third-order valence-corrected chi connectivity index (χ3v) is 4.17. The van der Waals surface area contributed by atoms with Crippen molar-refractivity contribution in [2.24, 2.45) is 11.8 Å². The molecule has 2 atom stereocenters. The van der Waals surface area contributed by atoms with Gasteiger partial charge < -0.3 is 5.32 Å². The maximum atomic E-state index is 4.57. The molecule has 2 heteroatoms. The predicted molar refractivity (Wildman–Crippen MR) is 75.4 cm³/mol. The highest BCUT2D eigenvalue weighted by molar-refractivity contribution is 5.78. The molecule has 0 bridgehead atoms. The molecule has 1 fully saturated rings. The van der Waals surface area contributed by atoms with Gasteiger partial charge in [0.1, 0.15) is 0 Å². The predicted octanol–water partition coefficient (Wildman–Crippen LogP) is 3.54. The Labute approximate surface area is 108 Å². The van der Waals surface area contributed by atoms with Gasteiger partial charge in [0.2, 0.25) is 0 Å². The van der Waals surface area contributed by atoms with Crippen LogP contribution in [0.5, 0.6) is 0 Å². The van der Waals surface area contributed by atoms with Gasteiger partial charge in [-0.3, -0.25) is 4.98 Å². The molecule has 1 aromatic carbocycles. The fourth-order valence-electron chi connectivity index (χ4n) is 2.89. The van der Waals surface area contributed by atoms with Crippen molar-refractivity contribution in [1.29, 1.82) is 0 Å². The van der Waals surface area contributed by atoms with Gasteiger partial charge in [-0.2, -0.15) is 0 Å². The van der Waals surface area contributed by atoms with Crippen molar-refractivity contribution in [3.63, 3.8) is 0 Å². The highest BCUT2D eigenvalue weighted by atomic mass is 14.9. The van der Waals surface area contributed by atoms with Gasteiger partial charge in [0.05, 0.1) is 5.52 Å². The fourth-order valence-corrected chi connectivity index (χ4v) is 2.89. The van der Waals surface area contributed by atoms with Crippen LogP contribution >= 0.6 is 0 Å². The molecular weight excluding hydrogens is 220 g/mol. The largest absolute Gasteiger partial charge is 0.313 e. The van der Waals surface area contributed by atoms with E-state index < -0.39 is 0 Å².